The number of nitrogens with two attached hydrogens (primary N) is 2. The highest BCUT2D eigenvalue weighted by molar-refractivity contribution is 7.84. The van der Waals surface area contributed by atoms with Gasteiger partial charge in [0.05, 0.1) is 0 Å². The van der Waals surface area contributed by atoms with Gasteiger partial charge in [-0.05, 0) is 12.8 Å². The zero-order chi connectivity index (χ0) is 15.4. The van der Waals surface area contributed by atoms with E-state index in [1.54, 1.807) is 6.26 Å². The van der Waals surface area contributed by atoms with Gasteiger partial charge in [-0.2, -0.15) is 0 Å². The van der Waals surface area contributed by atoms with Crippen molar-refractivity contribution >= 4 is 39.0 Å². The zero-order valence-corrected chi connectivity index (χ0v) is 13.6. The van der Waals surface area contributed by atoms with Gasteiger partial charge in [-0.1, -0.05) is 11.3 Å². The van der Waals surface area contributed by atoms with Gasteiger partial charge in [-0.15, -0.1) is 0 Å². The second-order valence-corrected chi connectivity index (χ2v) is 7.62. The summed E-state index contributed by atoms with van der Waals surface area (Å²) < 4.78 is 11.0. The van der Waals surface area contributed by atoms with E-state index in [0.717, 1.165) is 31.1 Å². The molecule has 0 saturated carbocycles. The van der Waals surface area contributed by atoms with E-state index in [1.807, 2.05) is 0 Å². The van der Waals surface area contributed by atoms with E-state index >= 15 is 0 Å². The lowest BCUT2D eigenvalue weighted by atomic mass is 10.1. The van der Waals surface area contributed by atoms with E-state index in [9.17, 15) is 9.00 Å². The molecule has 1 amide bonds. The number of hydrogen-bond donors (Lipinski definition) is 3. The molecule has 2 unspecified atom stereocenters. The number of carbonyl (C=O) groups is 1. The van der Waals surface area contributed by atoms with E-state index in [4.69, 9.17) is 11.5 Å². The molecule has 9 heteroatoms. The van der Waals surface area contributed by atoms with Crippen molar-refractivity contribution in [1.82, 2.24) is 10.3 Å². The fourth-order valence-electron chi connectivity index (χ4n) is 2.19. The van der Waals surface area contributed by atoms with Crippen LogP contribution in [0.1, 0.15) is 22.5 Å². The minimum absolute atomic E-state index is 0.140. The number of nitrogens with zero attached hydrogens (tertiary/aromatic N) is 2. The Bertz CT molecular complexity index is 534. The maximum absolute atomic E-state index is 12.0. The molecule has 1 aliphatic rings. The fourth-order valence-corrected chi connectivity index (χ4v) is 3.52. The van der Waals surface area contributed by atoms with Crippen LogP contribution in [-0.4, -0.2) is 52.8 Å². The van der Waals surface area contributed by atoms with E-state index in [-0.39, 0.29) is 17.8 Å². The molecule has 1 saturated heterocycles. The molecule has 1 fully saturated rings. The van der Waals surface area contributed by atoms with Crippen LogP contribution in [0, 0.1) is 0 Å². The number of anilines is 2. The lowest BCUT2D eigenvalue weighted by Gasteiger charge is -2.30. The van der Waals surface area contributed by atoms with Crippen molar-refractivity contribution in [2.75, 3.05) is 42.3 Å². The number of rotatable bonds is 5. The predicted octanol–water partition coefficient (Wildman–Crippen LogP) is -0.239. The van der Waals surface area contributed by atoms with Crippen LogP contribution in [0.3, 0.4) is 0 Å². The first-order chi connectivity index (χ1) is 9.97. The highest BCUT2D eigenvalue weighted by Crippen LogP contribution is 2.29. The number of nitrogens with one attached hydrogen (secondary N) is 1. The molecule has 0 bridgehead atoms. The summed E-state index contributed by atoms with van der Waals surface area (Å²) in [5, 5.41) is 3.45. The van der Waals surface area contributed by atoms with Gasteiger partial charge in [0.15, 0.2) is 5.13 Å². The van der Waals surface area contributed by atoms with Gasteiger partial charge in [0.2, 0.25) is 0 Å². The Morgan fingerprint density at radius 3 is 3.05 bits per heavy atom. The summed E-state index contributed by atoms with van der Waals surface area (Å²) in [6, 6.07) is 0.140. The van der Waals surface area contributed by atoms with Gasteiger partial charge in [-0.3, -0.25) is 9.00 Å². The number of thiazole rings is 1. The third kappa shape index (κ3) is 4.39. The molecule has 21 heavy (non-hydrogen) atoms. The maximum Gasteiger partial charge on any atom is 0.265 e. The van der Waals surface area contributed by atoms with Crippen LogP contribution < -0.4 is 21.7 Å². The van der Waals surface area contributed by atoms with E-state index in [2.05, 4.69) is 15.2 Å². The molecule has 0 aromatic carbocycles. The van der Waals surface area contributed by atoms with Crippen molar-refractivity contribution in [3.05, 3.63) is 4.88 Å². The largest absolute Gasteiger partial charge is 0.382 e. The summed E-state index contributed by atoms with van der Waals surface area (Å²) in [7, 11) is -0.927. The SMILES string of the molecule is CS(=O)CCNC(=O)c1sc(N2CCCC(N)C2)nc1N. The van der Waals surface area contributed by atoms with Crippen molar-refractivity contribution in [2.45, 2.75) is 18.9 Å². The Kier molecular flexibility index (Phi) is 5.54. The summed E-state index contributed by atoms with van der Waals surface area (Å²) in [5.74, 6) is 0.408. The number of aromatic nitrogens is 1. The first-order valence-electron chi connectivity index (χ1n) is 6.82. The number of nitrogen functional groups attached to an aromatic ring is 1. The molecule has 0 aliphatic carbocycles. The van der Waals surface area contributed by atoms with Crippen LogP contribution in [0.5, 0.6) is 0 Å². The predicted molar refractivity (Wildman–Crippen MR) is 87.2 cm³/mol. The average Bonchev–Trinajstić information content (AvgIpc) is 2.80. The van der Waals surface area contributed by atoms with Gasteiger partial charge < -0.3 is 21.7 Å². The molecule has 2 rings (SSSR count). The molecular weight excluding hydrogens is 310 g/mol. The maximum atomic E-state index is 12.0. The molecule has 2 heterocycles. The molecule has 1 aliphatic heterocycles. The Hall–Kier alpha value is -1.19. The van der Waals surface area contributed by atoms with Crippen molar-refractivity contribution in [3.63, 3.8) is 0 Å². The zero-order valence-electron chi connectivity index (χ0n) is 12.0. The van der Waals surface area contributed by atoms with Crippen LogP contribution in [0.4, 0.5) is 10.9 Å². The molecule has 1 aromatic heterocycles. The minimum Gasteiger partial charge on any atom is -0.382 e. The summed E-state index contributed by atoms with van der Waals surface area (Å²) >= 11 is 1.28. The second kappa shape index (κ2) is 7.19. The number of amides is 1. The number of hydrogen-bond acceptors (Lipinski definition) is 7. The lowest BCUT2D eigenvalue weighted by molar-refractivity contribution is 0.0961. The molecule has 0 radical (unpaired) electrons. The van der Waals surface area contributed by atoms with Crippen LogP contribution in [0.2, 0.25) is 0 Å². The number of carbonyl (C=O) groups excluding carboxylic acids is 1. The molecular formula is C12H21N5O2S2. The van der Waals surface area contributed by atoms with Crippen molar-refractivity contribution in [1.29, 1.82) is 0 Å². The van der Waals surface area contributed by atoms with Gasteiger partial charge in [0, 0.05) is 48.5 Å². The summed E-state index contributed by atoms with van der Waals surface area (Å²) in [4.78, 5) is 18.8. The molecule has 118 valence electrons. The molecule has 2 atom stereocenters. The van der Waals surface area contributed by atoms with E-state index < -0.39 is 10.8 Å². The summed E-state index contributed by atoms with van der Waals surface area (Å²) in [5.41, 5.74) is 11.8. The van der Waals surface area contributed by atoms with Crippen LogP contribution >= 0.6 is 11.3 Å². The van der Waals surface area contributed by atoms with E-state index in [0.29, 0.717) is 17.2 Å². The van der Waals surface area contributed by atoms with Crippen LogP contribution in [0.25, 0.3) is 0 Å². The number of piperidine rings is 1. The Labute approximate surface area is 130 Å². The Morgan fingerprint density at radius 1 is 1.62 bits per heavy atom. The van der Waals surface area contributed by atoms with Gasteiger partial charge in [0.1, 0.15) is 10.7 Å². The van der Waals surface area contributed by atoms with Gasteiger partial charge in [-0.25, -0.2) is 4.98 Å². The normalized spacial score (nSPS) is 20.3. The fraction of sp³-hybridized carbons (Fsp3) is 0.667. The van der Waals surface area contributed by atoms with E-state index in [1.165, 1.54) is 11.3 Å². The van der Waals surface area contributed by atoms with Crippen LogP contribution in [0.15, 0.2) is 0 Å². The highest BCUT2D eigenvalue weighted by Gasteiger charge is 2.23. The quantitative estimate of drug-likeness (QED) is 0.686. The summed E-state index contributed by atoms with van der Waals surface area (Å²) in [6.07, 6.45) is 3.63. The topological polar surface area (TPSA) is 114 Å². The Morgan fingerprint density at radius 2 is 2.38 bits per heavy atom. The second-order valence-electron chi connectivity index (χ2n) is 5.09. The monoisotopic (exact) mass is 331 g/mol. The van der Waals surface area contributed by atoms with Crippen LogP contribution in [-0.2, 0) is 10.8 Å². The average molecular weight is 331 g/mol. The van der Waals surface area contributed by atoms with Crippen molar-refractivity contribution in [3.8, 4) is 0 Å². The first kappa shape index (κ1) is 16.2. The smallest absolute Gasteiger partial charge is 0.265 e. The summed E-state index contributed by atoms with van der Waals surface area (Å²) in [6.45, 7) is 1.99. The van der Waals surface area contributed by atoms with Gasteiger partial charge >= 0.3 is 0 Å². The van der Waals surface area contributed by atoms with Crippen molar-refractivity contribution < 1.29 is 9.00 Å². The Balaban J connectivity index is 2.01. The molecule has 5 N–H and O–H groups in total. The molecule has 0 spiro atoms. The van der Waals surface area contributed by atoms with Gasteiger partial charge in [0.25, 0.3) is 5.91 Å². The molecule has 7 nitrogen and oxygen atoms in total. The third-order valence-electron chi connectivity index (χ3n) is 3.25. The highest BCUT2D eigenvalue weighted by atomic mass is 32.2. The lowest BCUT2D eigenvalue weighted by Crippen LogP contribution is -2.42. The third-order valence-corrected chi connectivity index (χ3v) is 5.16. The minimum atomic E-state index is -0.927. The standard InChI is InChI=1S/C12H21N5O2S2/c1-21(19)6-4-15-11(18)9-10(14)16-12(20-9)17-5-2-3-8(13)7-17/h8H,2-7,13-14H2,1H3,(H,15,18). The van der Waals surface area contributed by atoms with Crippen molar-refractivity contribution in [2.24, 2.45) is 5.73 Å². The first-order valence-corrected chi connectivity index (χ1v) is 9.36. The molecule has 1 aromatic rings.